The van der Waals surface area contributed by atoms with Crippen LogP contribution >= 0.6 is 27.3 Å². The average Bonchev–Trinajstić information content (AvgIpc) is 3.33. The molecule has 0 aliphatic carbocycles. The Balaban J connectivity index is 1.55. The summed E-state index contributed by atoms with van der Waals surface area (Å²) in [5.41, 5.74) is 1.64. The van der Waals surface area contributed by atoms with E-state index in [4.69, 9.17) is 4.74 Å². The first-order valence-corrected chi connectivity index (χ1v) is 10.5. The SMILES string of the molecule is Cn1ccnc1-c1sc(NC(=O)COc2ccc(Br)cc2F)nc1-c1ccccc1. The first-order valence-electron chi connectivity index (χ1n) is 8.93. The number of carbonyl (C=O) groups is 1. The van der Waals surface area contributed by atoms with E-state index in [1.54, 1.807) is 12.3 Å². The van der Waals surface area contributed by atoms with Crippen molar-refractivity contribution in [2.45, 2.75) is 0 Å². The molecule has 2 aromatic carbocycles. The van der Waals surface area contributed by atoms with E-state index in [9.17, 15) is 9.18 Å². The molecule has 0 bridgehead atoms. The zero-order chi connectivity index (χ0) is 21.1. The van der Waals surface area contributed by atoms with Crippen molar-refractivity contribution in [3.63, 3.8) is 0 Å². The molecule has 4 aromatic rings. The number of ether oxygens (including phenoxy) is 1. The number of carbonyl (C=O) groups excluding carboxylic acids is 1. The van der Waals surface area contributed by atoms with Gasteiger partial charge in [0, 0.05) is 29.5 Å². The Bertz CT molecular complexity index is 1190. The Hall–Kier alpha value is -3.04. The predicted molar refractivity (Wildman–Crippen MR) is 118 cm³/mol. The molecule has 1 amide bonds. The quantitative estimate of drug-likeness (QED) is 0.410. The highest BCUT2D eigenvalue weighted by atomic mass is 79.9. The summed E-state index contributed by atoms with van der Waals surface area (Å²) >= 11 is 4.50. The molecule has 6 nitrogen and oxygen atoms in total. The molecule has 152 valence electrons. The standard InChI is InChI=1S/C21H16BrFN4O2S/c1-27-10-9-24-20(27)19-18(13-5-3-2-4-6-13)26-21(30-19)25-17(28)12-29-16-8-7-14(22)11-15(16)23/h2-11H,12H2,1H3,(H,25,26,28). The molecule has 1 N–H and O–H groups in total. The van der Waals surface area contributed by atoms with Crippen molar-refractivity contribution in [1.29, 1.82) is 0 Å². The van der Waals surface area contributed by atoms with Gasteiger partial charge in [0.1, 0.15) is 0 Å². The second-order valence-electron chi connectivity index (χ2n) is 6.34. The smallest absolute Gasteiger partial charge is 0.264 e. The Labute approximate surface area is 184 Å². The summed E-state index contributed by atoms with van der Waals surface area (Å²) in [4.78, 5) is 22.2. The summed E-state index contributed by atoms with van der Waals surface area (Å²) < 4.78 is 21.6. The molecular weight excluding hydrogens is 471 g/mol. The van der Waals surface area contributed by atoms with Crippen LogP contribution < -0.4 is 10.1 Å². The molecule has 0 aliphatic heterocycles. The maximum atomic E-state index is 13.9. The van der Waals surface area contributed by atoms with Crippen molar-refractivity contribution in [1.82, 2.24) is 14.5 Å². The molecule has 0 radical (unpaired) electrons. The van der Waals surface area contributed by atoms with Crippen LogP contribution in [0, 0.1) is 5.82 Å². The third-order valence-corrected chi connectivity index (χ3v) is 5.66. The van der Waals surface area contributed by atoms with Crippen molar-refractivity contribution in [3.05, 3.63) is 71.2 Å². The second-order valence-corrected chi connectivity index (χ2v) is 8.25. The molecule has 0 unspecified atom stereocenters. The van der Waals surface area contributed by atoms with E-state index in [1.807, 2.05) is 48.1 Å². The van der Waals surface area contributed by atoms with E-state index in [2.05, 4.69) is 31.2 Å². The molecule has 0 saturated carbocycles. The third kappa shape index (κ3) is 4.42. The van der Waals surface area contributed by atoms with Crippen molar-refractivity contribution in [2.24, 2.45) is 7.05 Å². The molecule has 2 aromatic heterocycles. The van der Waals surface area contributed by atoms with E-state index < -0.39 is 11.7 Å². The highest BCUT2D eigenvalue weighted by Crippen LogP contribution is 2.38. The van der Waals surface area contributed by atoms with Crippen molar-refractivity contribution in [2.75, 3.05) is 11.9 Å². The number of amides is 1. The molecular formula is C21H16BrFN4O2S. The van der Waals surface area contributed by atoms with Gasteiger partial charge in [0.05, 0.1) is 10.6 Å². The lowest BCUT2D eigenvalue weighted by molar-refractivity contribution is -0.118. The fourth-order valence-corrected chi connectivity index (χ4v) is 4.17. The van der Waals surface area contributed by atoms with Gasteiger partial charge in [-0.05, 0) is 18.2 Å². The Morgan fingerprint density at radius 1 is 1.27 bits per heavy atom. The van der Waals surface area contributed by atoms with Crippen LogP contribution in [0.4, 0.5) is 9.52 Å². The van der Waals surface area contributed by atoms with Gasteiger partial charge in [-0.3, -0.25) is 10.1 Å². The molecule has 0 spiro atoms. The molecule has 0 fully saturated rings. The van der Waals surface area contributed by atoms with Gasteiger partial charge in [0.25, 0.3) is 5.91 Å². The zero-order valence-electron chi connectivity index (χ0n) is 15.8. The first kappa shape index (κ1) is 20.2. The van der Waals surface area contributed by atoms with Crippen LogP contribution in [0.25, 0.3) is 22.0 Å². The second kappa shape index (κ2) is 8.76. The van der Waals surface area contributed by atoms with E-state index in [-0.39, 0.29) is 12.4 Å². The number of hydrogen-bond donors (Lipinski definition) is 1. The Morgan fingerprint density at radius 3 is 2.77 bits per heavy atom. The van der Waals surface area contributed by atoms with Crippen LogP contribution in [0.5, 0.6) is 5.75 Å². The number of hydrogen-bond acceptors (Lipinski definition) is 5. The van der Waals surface area contributed by atoms with Gasteiger partial charge in [0.15, 0.2) is 29.1 Å². The highest BCUT2D eigenvalue weighted by Gasteiger charge is 2.19. The number of anilines is 1. The topological polar surface area (TPSA) is 69.0 Å². The van der Waals surface area contributed by atoms with E-state index in [1.165, 1.54) is 23.5 Å². The van der Waals surface area contributed by atoms with Gasteiger partial charge >= 0.3 is 0 Å². The molecule has 2 heterocycles. The minimum Gasteiger partial charge on any atom is -0.481 e. The lowest BCUT2D eigenvalue weighted by atomic mass is 10.1. The molecule has 0 aliphatic rings. The minimum absolute atomic E-state index is 0.00571. The van der Waals surface area contributed by atoms with Crippen LogP contribution in [-0.4, -0.2) is 27.0 Å². The molecule has 0 saturated heterocycles. The van der Waals surface area contributed by atoms with Crippen LogP contribution in [0.15, 0.2) is 65.4 Å². The van der Waals surface area contributed by atoms with E-state index in [0.717, 1.165) is 22.0 Å². The number of imidazole rings is 1. The minimum atomic E-state index is -0.546. The molecule has 4 rings (SSSR count). The number of benzene rings is 2. The number of aryl methyl sites for hydroxylation is 1. The average molecular weight is 487 g/mol. The lowest BCUT2D eigenvalue weighted by Gasteiger charge is -2.07. The van der Waals surface area contributed by atoms with E-state index in [0.29, 0.717) is 9.60 Å². The maximum absolute atomic E-state index is 13.9. The summed E-state index contributed by atoms with van der Waals surface area (Å²) in [6.45, 7) is -0.337. The summed E-state index contributed by atoms with van der Waals surface area (Å²) in [6, 6.07) is 14.1. The number of nitrogens with one attached hydrogen (secondary N) is 1. The predicted octanol–water partition coefficient (Wildman–Crippen LogP) is 5.13. The number of aromatic nitrogens is 3. The fourth-order valence-electron chi connectivity index (χ4n) is 2.79. The maximum Gasteiger partial charge on any atom is 0.264 e. The monoisotopic (exact) mass is 486 g/mol. The number of thiazole rings is 1. The molecule has 9 heteroatoms. The van der Waals surface area contributed by atoms with E-state index >= 15 is 0 Å². The molecule has 0 atom stereocenters. The Kier molecular flexibility index (Phi) is 5.91. The van der Waals surface area contributed by atoms with Crippen LogP contribution in [0.1, 0.15) is 0 Å². The number of rotatable bonds is 6. The van der Waals surface area contributed by atoms with Crippen LogP contribution in [-0.2, 0) is 11.8 Å². The van der Waals surface area contributed by atoms with Crippen LogP contribution in [0.2, 0.25) is 0 Å². The van der Waals surface area contributed by atoms with Gasteiger partial charge in [-0.25, -0.2) is 14.4 Å². The normalized spacial score (nSPS) is 10.8. The Morgan fingerprint density at radius 2 is 2.07 bits per heavy atom. The summed E-state index contributed by atoms with van der Waals surface area (Å²) in [7, 11) is 1.90. The molecule has 30 heavy (non-hydrogen) atoms. The third-order valence-electron chi connectivity index (χ3n) is 4.20. The summed E-state index contributed by atoms with van der Waals surface area (Å²) in [5.74, 6) is -0.224. The van der Waals surface area contributed by atoms with Gasteiger partial charge in [-0.2, -0.15) is 0 Å². The summed E-state index contributed by atoms with van der Waals surface area (Å²) in [5, 5.41) is 3.14. The highest BCUT2D eigenvalue weighted by molar-refractivity contribution is 9.10. The lowest BCUT2D eigenvalue weighted by Crippen LogP contribution is -2.20. The van der Waals surface area contributed by atoms with Crippen molar-refractivity contribution >= 4 is 38.3 Å². The number of halogens is 2. The van der Waals surface area contributed by atoms with Crippen molar-refractivity contribution < 1.29 is 13.9 Å². The largest absolute Gasteiger partial charge is 0.481 e. The van der Waals surface area contributed by atoms with Gasteiger partial charge in [0.2, 0.25) is 0 Å². The van der Waals surface area contributed by atoms with Gasteiger partial charge < -0.3 is 9.30 Å². The van der Waals surface area contributed by atoms with Crippen LogP contribution in [0.3, 0.4) is 0 Å². The number of nitrogens with zero attached hydrogens (tertiary/aromatic N) is 3. The zero-order valence-corrected chi connectivity index (χ0v) is 18.2. The van der Waals surface area contributed by atoms with Gasteiger partial charge in [-0.1, -0.05) is 57.6 Å². The first-order chi connectivity index (χ1) is 14.5. The van der Waals surface area contributed by atoms with Gasteiger partial charge in [-0.15, -0.1) is 0 Å². The fraction of sp³-hybridized carbons (Fsp3) is 0.0952. The summed E-state index contributed by atoms with van der Waals surface area (Å²) in [6.07, 6.45) is 3.56. The van der Waals surface area contributed by atoms with Crippen molar-refractivity contribution in [3.8, 4) is 27.7 Å².